The fraction of sp³-hybridized carbons (Fsp3) is 0.312. The first kappa shape index (κ1) is 17.7. The molecule has 0 radical (unpaired) electrons. The molecule has 0 bridgehead atoms. The minimum absolute atomic E-state index is 0.596. The first-order valence-electron chi connectivity index (χ1n) is 7.16. The van der Waals surface area contributed by atoms with Gasteiger partial charge in [0.05, 0.1) is 6.54 Å². The molecule has 0 spiro atoms. The topological polar surface area (TPSA) is 46.8 Å². The molecule has 0 N–H and O–H groups in total. The predicted molar refractivity (Wildman–Crippen MR) is 95.3 cm³/mol. The van der Waals surface area contributed by atoms with Crippen molar-refractivity contribution in [1.29, 1.82) is 0 Å². The number of hydrogen-bond donors (Lipinski definition) is 0. The maximum Gasteiger partial charge on any atom is 0.191 e. The Morgan fingerprint density at radius 2 is 2.26 bits per heavy atom. The molecule has 2 heterocycles. The van der Waals surface area contributed by atoms with Crippen molar-refractivity contribution in [2.75, 3.05) is 12.8 Å². The first-order valence-corrected chi connectivity index (χ1v) is 8.53. The molecule has 7 heteroatoms. The number of pyridine rings is 1. The lowest BCUT2D eigenvalue weighted by molar-refractivity contribution is 0.304. The second-order valence-electron chi connectivity index (χ2n) is 5.14. The molecule has 0 fully saturated rings. The number of nitrogens with zero attached hydrogens (tertiary/aromatic N) is 5. The van der Waals surface area contributed by atoms with Gasteiger partial charge in [0, 0.05) is 36.3 Å². The average molecular weight is 350 g/mol. The second-order valence-corrected chi connectivity index (χ2v) is 6.61. The molecule has 0 saturated carbocycles. The summed E-state index contributed by atoms with van der Waals surface area (Å²) < 4.78 is 2.05. The number of hydrogen-bond acceptors (Lipinski definition) is 5. The molecule has 0 aliphatic rings. The summed E-state index contributed by atoms with van der Waals surface area (Å²) in [6, 6.07) is 4.00. The SMILES string of the molecule is C=CCn1c(CN(C)Cc2cccnc2)nnc1SCC(=C)Cl. The molecule has 2 aromatic rings. The van der Waals surface area contributed by atoms with E-state index in [1.165, 1.54) is 11.8 Å². The van der Waals surface area contributed by atoms with Gasteiger partial charge in [0.25, 0.3) is 0 Å². The quantitative estimate of drug-likeness (QED) is 0.513. The third-order valence-electron chi connectivity index (χ3n) is 3.05. The Morgan fingerprint density at radius 3 is 2.91 bits per heavy atom. The molecule has 0 aromatic carbocycles. The smallest absolute Gasteiger partial charge is 0.191 e. The Bertz CT molecular complexity index is 656. The largest absolute Gasteiger partial charge is 0.301 e. The fourth-order valence-corrected chi connectivity index (χ4v) is 2.98. The minimum atomic E-state index is 0.596. The van der Waals surface area contributed by atoms with Crippen LogP contribution in [0.5, 0.6) is 0 Å². The lowest BCUT2D eigenvalue weighted by Crippen LogP contribution is -2.20. The third kappa shape index (κ3) is 5.49. The Hall–Kier alpha value is -1.63. The van der Waals surface area contributed by atoms with Crippen LogP contribution in [0.3, 0.4) is 0 Å². The van der Waals surface area contributed by atoms with Crippen LogP contribution in [0.1, 0.15) is 11.4 Å². The predicted octanol–water partition coefficient (Wildman–Crippen LogP) is 3.34. The van der Waals surface area contributed by atoms with E-state index in [9.17, 15) is 0 Å². The van der Waals surface area contributed by atoms with Crippen molar-refractivity contribution in [3.05, 3.63) is 60.2 Å². The number of thioether (sulfide) groups is 1. The van der Waals surface area contributed by atoms with Gasteiger partial charge in [0.15, 0.2) is 5.16 Å². The number of rotatable bonds is 9. The van der Waals surface area contributed by atoms with Crippen LogP contribution < -0.4 is 0 Å². The van der Waals surface area contributed by atoms with Gasteiger partial charge in [-0.05, 0) is 18.7 Å². The van der Waals surface area contributed by atoms with E-state index in [0.717, 1.165) is 23.1 Å². The van der Waals surface area contributed by atoms with Crippen LogP contribution in [0.15, 0.2) is 53.9 Å². The highest BCUT2D eigenvalue weighted by Crippen LogP contribution is 2.21. The van der Waals surface area contributed by atoms with E-state index in [-0.39, 0.29) is 0 Å². The molecule has 23 heavy (non-hydrogen) atoms. The average Bonchev–Trinajstić information content (AvgIpc) is 2.88. The van der Waals surface area contributed by atoms with Gasteiger partial charge in [-0.2, -0.15) is 0 Å². The Kier molecular flexibility index (Phi) is 6.83. The van der Waals surface area contributed by atoms with Gasteiger partial charge >= 0.3 is 0 Å². The summed E-state index contributed by atoms with van der Waals surface area (Å²) in [7, 11) is 2.05. The molecule has 122 valence electrons. The summed E-state index contributed by atoms with van der Waals surface area (Å²) in [5.74, 6) is 1.52. The lowest BCUT2D eigenvalue weighted by Gasteiger charge is -2.16. The second kappa shape index (κ2) is 8.86. The summed E-state index contributed by atoms with van der Waals surface area (Å²) in [5.41, 5.74) is 1.16. The van der Waals surface area contributed by atoms with Crippen molar-refractivity contribution in [2.45, 2.75) is 24.8 Å². The van der Waals surface area contributed by atoms with Crippen molar-refractivity contribution in [1.82, 2.24) is 24.6 Å². The maximum absolute atomic E-state index is 5.83. The summed E-state index contributed by atoms with van der Waals surface area (Å²) in [6.45, 7) is 9.67. The highest BCUT2D eigenvalue weighted by molar-refractivity contribution is 7.99. The molecule has 0 aliphatic heterocycles. The number of aromatic nitrogens is 4. The van der Waals surface area contributed by atoms with E-state index in [4.69, 9.17) is 11.6 Å². The summed E-state index contributed by atoms with van der Waals surface area (Å²) in [4.78, 5) is 6.32. The van der Waals surface area contributed by atoms with Gasteiger partial charge < -0.3 is 4.57 Å². The van der Waals surface area contributed by atoms with Crippen LogP contribution in [0.2, 0.25) is 0 Å². The van der Waals surface area contributed by atoms with Gasteiger partial charge in [0.1, 0.15) is 5.82 Å². The van der Waals surface area contributed by atoms with Crippen LogP contribution in [0.4, 0.5) is 0 Å². The van der Waals surface area contributed by atoms with E-state index in [1.807, 2.05) is 25.4 Å². The molecule has 0 amide bonds. The van der Waals surface area contributed by atoms with Gasteiger partial charge in [-0.1, -0.05) is 42.1 Å². The van der Waals surface area contributed by atoms with Gasteiger partial charge in [-0.15, -0.1) is 16.8 Å². The van der Waals surface area contributed by atoms with Crippen molar-refractivity contribution in [3.8, 4) is 0 Å². The summed E-state index contributed by atoms with van der Waals surface area (Å²) in [5, 5.41) is 9.99. The van der Waals surface area contributed by atoms with E-state index < -0.39 is 0 Å². The molecule has 0 aliphatic carbocycles. The molecule has 0 atom stereocenters. The summed E-state index contributed by atoms with van der Waals surface area (Å²) in [6.07, 6.45) is 5.49. The molecular formula is C16H20ClN5S. The Balaban J connectivity index is 2.06. The highest BCUT2D eigenvalue weighted by Gasteiger charge is 2.14. The highest BCUT2D eigenvalue weighted by atomic mass is 35.5. The molecule has 5 nitrogen and oxygen atoms in total. The van der Waals surface area contributed by atoms with E-state index in [1.54, 1.807) is 6.20 Å². The summed E-state index contributed by atoms with van der Waals surface area (Å²) >= 11 is 7.36. The third-order valence-corrected chi connectivity index (χ3v) is 4.39. The van der Waals surface area contributed by atoms with Crippen molar-refractivity contribution in [3.63, 3.8) is 0 Å². The first-order chi connectivity index (χ1) is 11.1. The van der Waals surface area contributed by atoms with Crippen LogP contribution in [0.25, 0.3) is 0 Å². The van der Waals surface area contributed by atoms with E-state index in [0.29, 0.717) is 23.9 Å². The van der Waals surface area contributed by atoms with Crippen LogP contribution in [0, 0.1) is 0 Å². The van der Waals surface area contributed by atoms with E-state index >= 15 is 0 Å². The molecule has 0 saturated heterocycles. The number of allylic oxidation sites excluding steroid dienone is 1. The van der Waals surface area contributed by atoms with Gasteiger partial charge in [-0.3, -0.25) is 9.88 Å². The molecule has 2 rings (SSSR count). The van der Waals surface area contributed by atoms with Crippen LogP contribution in [-0.2, 0) is 19.6 Å². The Labute approximate surface area is 146 Å². The fourth-order valence-electron chi connectivity index (χ4n) is 2.10. The van der Waals surface area contributed by atoms with Gasteiger partial charge in [0.2, 0.25) is 0 Å². The Morgan fingerprint density at radius 1 is 1.43 bits per heavy atom. The molecule has 0 unspecified atom stereocenters. The van der Waals surface area contributed by atoms with E-state index in [2.05, 4.69) is 43.9 Å². The molecule has 2 aromatic heterocycles. The zero-order chi connectivity index (χ0) is 16.7. The van der Waals surface area contributed by atoms with Crippen LogP contribution >= 0.6 is 23.4 Å². The minimum Gasteiger partial charge on any atom is -0.301 e. The monoisotopic (exact) mass is 349 g/mol. The lowest BCUT2D eigenvalue weighted by atomic mass is 10.3. The zero-order valence-electron chi connectivity index (χ0n) is 13.2. The zero-order valence-corrected chi connectivity index (χ0v) is 14.7. The number of halogens is 1. The maximum atomic E-state index is 5.83. The normalized spacial score (nSPS) is 10.9. The standard InChI is InChI=1S/C16H20ClN5S/c1-4-8-22-15(19-20-16(22)23-12-13(2)17)11-21(3)10-14-6-5-7-18-9-14/h4-7,9H,1-2,8,10-12H2,3H3. The van der Waals surface area contributed by atoms with Crippen LogP contribution in [-0.4, -0.2) is 37.4 Å². The van der Waals surface area contributed by atoms with Gasteiger partial charge in [-0.25, -0.2) is 0 Å². The van der Waals surface area contributed by atoms with Crippen molar-refractivity contribution < 1.29 is 0 Å². The molecular weight excluding hydrogens is 330 g/mol. The van der Waals surface area contributed by atoms with Crippen molar-refractivity contribution in [2.24, 2.45) is 0 Å². The van der Waals surface area contributed by atoms with Crippen molar-refractivity contribution >= 4 is 23.4 Å².